The number of hydrogen-bond donors (Lipinski definition) is 10. The van der Waals surface area contributed by atoms with Gasteiger partial charge >= 0.3 is 24.3 Å². The number of carboxylic acid groups (broad SMARTS) is 1. The van der Waals surface area contributed by atoms with E-state index in [1.807, 2.05) is 112 Å². The molecule has 34 heteroatoms. The van der Waals surface area contributed by atoms with E-state index < -0.39 is 115 Å². The smallest absolute Gasteiger partial charge is 0.411 e. The summed E-state index contributed by atoms with van der Waals surface area (Å²) in [5.41, 5.74) is 1.65. The number of nitrogens with one attached hydrogen (secondary N) is 5. The zero-order valence-corrected chi connectivity index (χ0v) is 65.6. The van der Waals surface area contributed by atoms with Crippen LogP contribution in [-0.2, 0) is 91.2 Å². The van der Waals surface area contributed by atoms with Crippen LogP contribution in [0.25, 0.3) is 4.85 Å². The molecule has 2 heterocycles. The Morgan fingerprint density at radius 3 is 1.51 bits per heavy atom. The summed E-state index contributed by atoms with van der Waals surface area (Å²) < 4.78 is 62.6. The lowest BCUT2D eigenvalue weighted by atomic mass is 9.92. The first-order valence-corrected chi connectivity index (χ1v) is 35.1. The molecule has 3 unspecified atom stereocenters. The number of carbonyl (C=O) groups is 11. The summed E-state index contributed by atoms with van der Waals surface area (Å²) in [7, 11) is 7.47. The van der Waals surface area contributed by atoms with Gasteiger partial charge in [0.15, 0.2) is 12.1 Å². The van der Waals surface area contributed by atoms with E-state index in [-0.39, 0.29) is 74.8 Å². The lowest BCUT2D eigenvalue weighted by Crippen LogP contribution is -2.61. The minimum atomic E-state index is -4.40. The van der Waals surface area contributed by atoms with Crippen LogP contribution in [0.15, 0.2) is 91.0 Å². The van der Waals surface area contributed by atoms with Crippen LogP contribution in [0.1, 0.15) is 152 Å². The maximum Gasteiger partial charge on any atom is 0.411 e. The maximum atomic E-state index is 13.0. The van der Waals surface area contributed by atoms with Gasteiger partial charge in [-0.1, -0.05) is 117 Å². The standard InChI is InChI=1S/C27H43N3O7.C20H27N3O4.C12H22N2O6.C8H8N.C6H12O3.C2H3F3O.CH4.H3N/c1-18(36-7)13-14-21(25(34)28-16-20-11-9-8-10-12-20)15-23(32)22(17-31)29-24(33)19(2)30(6)26(35)37-27(3,4)5;1-3-13(2)18(24)22-15-12-27-17-10-9-16(23(17)20(15)26)19(25)21-11-14-7-5-4-6-8-14;1-7(9(16)13-8(6-15)10(17)18)14(5)11(19)20-12(2,3)4;1-9-7-8-5-3-2-4-6-8;1-8-6(9-2)4-3-5-7;3-2(4,5)1-6;;/h8-12,18-19,21-22,31H,13-17H2,1-7H3,(H,28,34)(H,29,33);4-8,13,15-17H,3,9-12H2,1-2H3,(H,21,25)(H,22,24);7-8,15H,6H2,1-5H3,(H,13,16)(H,17,18);1-6H,7H2;5-6H,3-4H2,1-2H3;6H,1H2;1H4;1H3/q;;;+1;;;;/t18?,19-,21?,22-;13-,15+,16?,17+;7-,8-;;;;;/m010...../s1. The molecule has 0 aliphatic carbocycles. The number of aldehydes is 1. The lowest BCUT2D eigenvalue weighted by molar-refractivity contribution is -0.167. The molecule has 3 aromatic rings. The molecule has 0 aromatic heterocycles. The Labute approximate surface area is 645 Å². The molecule has 0 spiro atoms. The van der Waals surface area contributed by atoms with Gasteiger partial charge in [-0.2, -0.15) is 13.2 Å². The van der Waals surface area contributed by atoms with E-state index in [1.54, 1.807) is 62.9 Å². The number of carboxylic acids is 1. The maximum absolute atomic E-state index is 13.0. The van der Waals surface area contributed by atoms with Crippen LogP contribution in [0.5, 0.6) is 0 Å². The van der Waals surface area contributed by atoms with Gasteiger partial charge in [0, 0.05) is 85.2 Å². The summed E-state index contributed by atoms with van der Waals surface area (Å²) in [4.78, 5) is 140. The van der Waals surface area contributed by atoms with E-state index in [1.165, 1.54) is 32.8 Å². The topological polar surface area (TPSA) is 433 Å². The summed E-state index contributed by atoms with van der Waals surface area (Å²) in [6.07, 6.45) is -1.86. The number of carbonyl (C=O) groups excluding carboxylic acids is 10. The molecule has 0 radical (unpaired) electrons. The van der Waals surface area contributed by atoms with Crippen molar-refractivity contribution in [3.63, 3.8) is 0 Å². The van der Waals surface area contributed by atoms with Crippen molar-refractivity contribution >= 4 is 65.7 Å². The molecular weight excluding hydrogens is 1450 g/mol. The molecule has 110 heavy (non-hydrogen) atoms. The Kier molecular flexibility index (Phi) is 52.7. The highest BCUT2D eigenvalue weighted by atomic mass is 19.4. The van der Waals surface area contributed by atoms with E-state index in [9.17, 15) is 71.0 Å². The number of halogens is 3. The number of aliphatic hydroxyl groups is 3. The third kappa shape index (κ3) is 43.3. The molecule has 8 amide bonds. The van der Waals surface area contributed by atoms with Gasteiger partial charge in [-0.25, -0.2) is 14.4 Å². The van der Waals surface area contributed by atoms with Crippen molar-refractivity contribution in [3.05, 3.63) is 113 Å². The number of aliphatic hydroxyl groups excluding tert-OH is 3. The average molecular weight is 1570 g/mol. The molecule has 0 bridgehead atoms. The van der Waals surface area contributed by atoms with Crippen LogP contribution in [-0.4, -0.2) is 235 Å². The Hall–Kier alpha value is -9.21. The fraction of sp³-hybridized carbons (Fsp3) is 0.605. The summed E-state index contributed by atoms with van der Waals surface area (Å²) in [6, 6.07) is 23.1. The Morgan fingerprint density at radius 1 is 0.673 bits per heavy atom. The van der Waals surface area contributed by atoms with Crippen LogP contribution in [0.3, 0.4) is 0 Å². The number of alkyl halides is 3. The number of aliphatic carboxylic acids is 1. The number of rotatable bonds is 31. The quantitative estimate of drug-likeness (QED) is 0.0220. The van der Waals surface area contributed by atoms with Crippen molar-refractivity contribution in [1.29, 1.82) is 0 Å². The van der Waals surface area contributed by atoms with Crippen molar-refractivity contribution in [3.8, 4) is 6.57 Å². The predicted molar refractivity (Wildman–Crippen MR) is 405 cm³/mol. The molecule has 2 aliphatic rings. The number of hydrogen-bond acceptors (Lipinski definition) is 21. The van der Waals surface area contributed by atoms with E-state index >= 15 is 0 Å². The average Bonchev–Trinajstić information content (AvgIpc) is 1.62. The summed E-state index contributed by atoms with van der Waals surface area (Å²) in [5, 5.41) is 47.8. The second-order valence-electron chi connectivity index (χ2n) is 27.0. The van der Waals surface area contributed by atoms with Gasteiger partial charge < -0.3 is 91.3 Å². The zero-order chi connectivity index (χ0) is 82.5. The van der Waals surface area contributed by atoms with Gasteiger partial charge in [0.05, 0.1) is 25.9 Å². The highest BCUT2D eigenvalue weighted by Crippen LogP contribution is 2.30. The van der Waals surface area contributed by atoms with Gasteiger partial charge in [0.1, 0.15) is 66.6 Å². The zero-order valence-electron chi connectivity index (χ0n) is 65.6. The number of amides is 8. The van der Waals surface area contributed by atoms with Gasteiger partial charge in [-0.15, -0.1) is 0 Å². The SMILES string of the molecule is C.C#[N+]Cc1ccccc1.CC[C@@H](C)C(=O)N[C@H]1CO[C@H]2CCC(C(=O)NCc3ccccc3)N2C1=O.COC(C)CCC(CC(=O)[C@H](CO)NC(=O)[C@H](C)N(C)C(=O)OC(C)(C)C)C(=O)NCc1ccccc1.COC(CCC=O)OC.C[C@@H](C(=O)N[C@@H](CO)C(=O)O)N(C)C(=O)OC(C)(C)C.N.OCC(F)(F)F. The summed E-state index contributed by atoms with van der Waals surface area (Å²) in [5.74, 6) is -4.86. The molecule has 3 aromatic carbocycles. The Balaban J connectivity index is -0.00000137. The molecular formula is C76H122F3N10O21+. The van der Waals surface area contributed by atoms with Crippen LogP contribution in [0, 0.1) is 18.4 Å². The van der Waals surface area contributed by atoms with Gasteiger partial charge in [-0.05, 0) is 106 Å². The fourth-order valence-electron chi connectivity index (χ4n) is 9.21. The lowest BCUT2D eigenvalue weighted by Gasteiger charge is -2.37. The molecule has 5 rings (SSSR count). The number of Topliss-reactive ketones (excluding diaryl/α,β-unsaturated/α-hetero) is 1. The van der Waals surface area contributed by atoms with Crippen molar-refractivity contribution < 1.29 is 115 Å². The second-order valence-corrected chi connectivity index (χ2v) is 27.0. The molecule has 2 saturated heterocycles. The van der Waals surface area contributed by atoms with E-state index in [0.717, 1.165) is 32.8 Å². The van der Waals surface area contributed by atoms with Crippen LogP contribution in [0.2, 0.25) is 0 Å². The third-order valence-corrected chi connectivity index (χ3v) is 16.1. The van der Waals surface area contributed by atoms with Crippen molar-refractivity contribution in [2.24, 2.45) is 11.8 Å². The highest BCUT2D eigenvalue weighted by Gasteiger charge is 2.47. The third-order valence-electron chi connectivity index (χ3n) is 16.1. The molecule has 31 nitrogen and oxygen atoms in total. The molecule has 622 valence electrons. The highest BCUT2D eigenvalue weighted by molar-refractivity contribution is 5.95. The predicted octanol–water partition coefficient (Wildman–Crippen LogP) is 7.48. The van der Waals surface area contributed by atoms with Crippen molar-refractivity contribution in [1.82, 2.24) is 47.4 Å². The molecule has 12 N–H and O–H groups in total. The summed E-state index contributed by atoms with van der Waals surface area (Å²) in [6.45, 7) is 22.1. The Morgan fingerprint density at radius 2 is 1.12 bits per heavy atom. The number of benzene rings is 3. The normalized spacial score (nSPS) is 15.9. The largest absolute Gasteiger partial charge is 0.480 e. The van der Waals surface area contributed by atoms with Gasteiger partial charge in [-0.3, -0.25) is 43.4 Å². The van der Waals surface area contributed by atoms with Crippen LogP contribution in [0.4, 0.5) is 22.8 Å². The molecule has 0 saturated carbocycles. The van der Waals surface area contributed by atoms with Crippen LogP contribution < -0.4 is 32.7 Å². The first-order valence-electron chi connectivity index (χ1n) is 35.1. The van der Waals surface area contributed by atoms with E-state index in [2.05, 4.69) is 31.4 Å². The van der Waals surface area contributed by atoms with E-state index in [4.69, 9.17) is 50.3 Å². The number of ether oxygens (including phenoxy) is 6. The number of ketones is 1. The van der Waals surface area contributed by atoms with Gasteiger partial charge in [0.2, 0.25) is 35.4 Å². The van der Waals surface area contributed by atoms with Crippen molar-refractivity contribution in [2.45, 2.75) is 227 Å². The number of likely N-dealkylation sites (N-methyl/N-ethyl adjacent to an activating group) is 2. The van der Waals surface area contributed by atoms with Crippen molar-refractivity contribution in [2.75, 3.05) is 61.9 Å². The van der Waals surface area contributed by atoms with Crippen LogP contribution >= 0.6 is 0 Å². The minimum Gasteiger partial charge on any atom is -0.480 e. The van der Waals surface area contributed by atoms with Gasteiger partial charge in [0.25, 0.3) is 13.1 Å². The molecule has 2 fully saturated rings. The molecule has 2 aliphatic heterocycles. The first-order chi connectivity index (χ1) is 50.6. The first kappa shape index (κ1) is 105. The number of fused-ring (bicyclic) bond motifs is 1. The number of nitrogens with zero attached hydrogens (tertiary/aromatic N) is 4. The molecule has 10 atom stereocenters. The van der Waals surface area contributed by atoms with E-state index in [0.29, 0.717) is 64.6 Å². The minimum absolute atomic E-state index is 0. The summed E-state index contributed by atoms with van der Waals surface area (Å²) >= 11 is 0. The number of methoxy groups -OCH3 is 3. The monoisotopic (exact) mass is 1570 g/mol. The Bertz CT molecular complexity index is 3230. The fourth-order valence-corrected chi connectivity index (χ4v) is 9.21. The second kappa shape index (κ2) is 55.2.